The molecule has 18 heavy (non-hydrogen) atoms. The van der Waals surface area contributed by atoms with Gasteiger partial charge in [0.2, 0.25) is 0 Å². The van der Waals surface area contributed by atoms with Gasteiger partial charge in [-0.2, -0.15) is 0 Å². The van der Waals surface area contributed by atoms with E-state index in [1.54, 1.807) is 44.2 Å². The summed E-state index contributed by atoms with van der Waals surface area (Å²) in [6, 6.07) is 8.35. The molecule has 0 amide bonds. The Morgan fingerprint density at radius 3 is 1.78 bits per heavy atom. The zero-order valence-corrected chi connectivity index (χ0v) is 12.4. The fraction of sp³-hybridized carbons (Fsp3) is 0.455. The van der Waals surface area contributed by atoms with Crippen LogP contribution in [0.4, 0.5) is 0 Å². The standard InChI is InChI=1S/C7H8O2S.C4H10O3P/c1-10(8,9)7-5-3-2-4-6-7;1-3-6-8(5)7-4-2/h2-6H,1H3;3-4H2,1-2H3/q;+1. The van der Waals surface area contributed by atoms with E-state index in [1.165, 1.54) is 6.26 Å². The molecule has 0 fully saturated rings. The summed E-state index contributed by atoms with van der Waals surface area (Å²) in [5.74, 6) is 0. The number of benzene rings is 1. The fourth-order valence-corrected chi connectivity index (χ4v) is 2.06. The van der Waals surface area contributed by atoms with Crippen LogP contribution in [0.1, 0.15) is 13.8 Å². The van der Waals surface area contributed by atoms with E-state index in [2.05, 4.69) is 9.05 Å². The molecule has 5 nitrogen and oxygen atoms in total. The van der Waals surface area contributed by atoms with E-state index in [-0.39, 0.29) is 0 Å². The molecule has 0 aliphatic heterocycles. The molecule has 0 aromatic heterocycles. The summed E-state index contributed by atoms with van der Waals surface area (Å²) in [5, 5.41) is 0. The van der Waals surface area contributed by atoms with E-state index in [0.717, 1.165) is 0 Å². The summed E-state index contributed by atoms with van der Waals surface area (Å²) in [4.78, 5) is 0.370. The van der Waals surface area contributed by atoms with Crippen LogP contribution in [-0.2, 0) is 23.4 Å². The van der Waals surface area contributed by atoms with Crippen molar-refractivity contribution in [3.63, 3.8) is 0 Å². The molecule has 1 aromatic carbocycles. The Balaban J connectivity index is 0.000000331. The van der Waals surface area contributed by atoms with E-state index < -0.39 is 18.1 Å². The molecule has 7 heteroatoms. The van der Waals surface area contributed by atoms with E-state index in [4.69, 9.17) is 0 Å². The van der Waals surface area contributed by atoms with Crippen LogP contribution in [0, 0.1) is 0 Å². The maximum absolute atomic E-state index is 10.8. The number of rotatable bonds is 5. The minimum absolute atomic E-state index is 0.370. The molecule has 0 aliphatic carbocycles. The van der Waals surface area contributed by atoms with E-state index in [9.17, 15) is 13.0 Å². The Morgan fingerprint density at radius 1 is 1.06 bits per heavy atom. The molecule has 0 saturated heterocycles. The van der Waals surface area contributed by atoms with Crippen LogP contribution in [0.15, 0.2) is 35.2 Å². The SMILES string of the molecule is CCO[P+](=O)OCC.CS(=O)(=O)c1ccccc1. The Labute approximate surface area is 109 Å². The molecule has 0 heterocycles. The van der Waals surface area contributed by atoms with Crippen molar-refractivity contribution in [3.05, 3.63) is 30.3 Å². The highest BCUT2D eigenvalue weighted by atomic mass is 32.2. The number of hydrogen-bond acceptors (Lipinski definition) is 5. The van der Waals surface area contributed by atoms with Gasteiger partial charge in [-0.05, 0) is 26.0 Å². The average molecular weight is 293 g/mol. The molecule has 0 radical (unpaired) electrons. The molecule has 0 unspecified atom stereocenters. The third-order valence-corrected chi connectivity index (χ3v) is 3.71. The van der Waals surface area contributed by atoms with Gasteiger partial charge in [-0.25, -0.2) is 8.42 Å². The number of hydrogen-bond donors (Lipinski definition) is 0. The van der Waals surface area contributed by atoms with Crippen molar-refractivity contribution in [1.29, 1.82) is 0 Å². The van der Waals surface area contributed by atoms with Gasteiger partial charge in [0.15, 0.2) is 9.84 Å². The van der Waals surface area contributed by atoms with E-state index in [0.29, 0.717) is 18.1 Å². The minimum atomic E-state index is -3.00. The highest BCUT2D eigenvalue weighted by Gasteiger charge is 2.15. The molecule has 0 spiro atoms. The van der Waals surface area contributed by atoms with Crippen LogP contribution in [-0.4, -0.2) is 27.9 Å². The summed E-state index contributed by atoms with van der Waals surface area (Å²) < 4.78 is 41.2. The summed E-state index contributed by atoms with van der Waals surface area (Å²) in [6.07, 6.45) is 1.20. The van der Waals surface area contributed by atoms with Crippen LogP contribution in [0.2, 0.25) is 0 Å². The second-order valence-corrected chi connectivity index (χ2v) is 6.12. The summed E-state index contributed by atoms with van der Waals surface area (Å²) in [7, 11) is -4.83. The molecule has 0 bridgehead atoms. The lowest BCUT2D eigenvalue weighted by Gasteiger charge is -1.93. The predicted octanol–water partition coefficient (Wildman–Crippen LogP) is 2.81. The topological polar surface area (TPSA) is 69.7 Å². The highest BCUT2D eigenvalue weighted by molar-refractivity contribution is 7.90. The van der Waals surface area contributed by atoms with Gasteiger partial charge in [0, 0.05) is 10.8 Å². The van der Waals surface area contributed by atoms with Crippen LogP contribution in [0.5, 0.6) is 0 Å². The van der Waals surface area contributed by atoms with Crippen molar-refractivity contribution in [1.82, 2.24) is 0 Å². The maximum Gasteiger partial charge on any atom is 0.697 e. The van der Waals surface area contributed by atoms with E-state index in [1.807, 2.05) is 0 Å². The van der Waals surface area contributed by atoms with Crippen LogP contribution < -0.4 is 0 Å². The predicted molar refractivity (Wildman–Crippen MR) is 70.4 cm³/mol. The van der Waals surface area contributed by atoms with Gasteiger partial charge in [-0.15, -0.1) is 9.05 Å². The van der Waals surface area contributed by atoms with Gasteiger partial charge in [0.05, 0.1) is 4.90 Å². The van der Waals surface area contributed by atoms with Gasteiger partial charge in [-0.3, -0.25) is 0 Å². The smallest absolute Gasteiger partial charge is 0.224 e. The molecule has 1 aromatic rings. The lowest BCUT2D eigenvalue weighted by atomic mass is 10.4. The molecule has 0 saturated carbocycles. The average Bonchev–Trinajstić information content (AvgIpc) is 2.31. The molecule has 102 valence electrons. The van der Waals surface area contributed by atoms with Gasteiger partial charge < -0.3 is 0 Å². The zero-order chi connectivity index (χ0) is 14.0. The van der Waals surface area contributed by atoms with Crippen molar-refractivity contribution in [2.24, 2.45) is 0 Å². The first-order chi connectivity index (χ1) is 8.41. The maximum atomic E-state index is 10.8. The third-order valence-electron chi connectivity index (χ3n) is 1.64. The number of sulfone groups is 1. The van der Waals surface area contributed by atoms with Crippen molar-refractivity contribution in [2.75, 3.05) is 19.5 Å². The van der Waals surface area contributed by atoms with E-state index >= 15 is 0 Å². The normalized spacial score (nSPS) is 10.4. The van der Waals surface area contributed by atoms with Gasteiger partial charge in [-0.1, -0.05) is 18.2 Å². The largest absolute Gasteiger partial charge is 0.697 e. The Hall–Kier alpha value is -0.810. The summed E-state index contributed by atoms with van der Waals surface area (Å²) >= 11 is 0. The Bertz CT molecular complexity index is 436. The van der Waals surface area contributed by atoms with Gasteiger partial charge in [0.25, 0.3) is 0 Å². The molecular formula is C11H18O5PS+. The first-order valence-electron chi connectivity index (χ1n) is 5.40. The Morgan fingerprint density at radius 2 is 1.50 bits per heavy atom. The zero-order valence-electron chi connectivity index (χ0n) is 10.7. The molecular weight excluding hydrogens is 275 g/mol. The first kappa shape index (κ1) is 17.2. The van der Waals surface area contributed by atoms with Gasteiger partial charge in [0.1, 0.15) is 13.2 Å². The third kappa shape index (κ3) is 8.31. The monoisotopic (exact) mass is 293 g/mol. The minimum Gasteiger partial charge on any atom is -0.224 e. The second-order valence-electron chi connectivity index (χ2n) is 3.14. The lowest BCUT2D eigenvalue weighted by Crippen LogP contribution is -1.95. The molecule has 0 N–H and O–H groups in total. The lowest BCUT2D eigenvalue weighted by molar-refractivity contribution is 0.243. The van der Waals surface area contributed by atoms with Gasteiger partial charge >= 0.3 is 8.25 Å². The van der Waals surface area contributed by atoms with Crippen LogP contribution in [0.3, 0.4) is 0 Å². The van der Waals surface area contributed by atoms with Crippen molar-refractivity contribution in [2.45, 2.75) is 18.7 Å². The molecule has 0 aliphatic rings. The molecule has 1 rings (SSSR count). The quantitative estimate of drug-likeness (QED) is 0.781. The molecule has 0 atom stereocenters. The van der Waals surface area contributed by atoms with Crippen LogP contribution in [0.25, 0.3) is 0 Å². The van der Waals surface area contributed by atoms with Crippen molar-refractivity contribution < 1.29 is 22.0 Å². The second kappa shape index (κ2) is 9.16. The first-order valence-corrected chi connectivity index (χ1v) is 8.38. The summed E-state index contributed by atoms with van der Waals surface area (Å²) in [6.45, 7) is 4.42. The van der Waals surface area contributed by atoms with Crippen molar-refractivity contribution >= 4 is 18.1 Å². The van der Waals surface area contributed by atoms with Crippen LogP contribution >= 0.6 is 8.25 Å². The summed E-state index contributed by atoms with van der Waals surface area (Å²) in [5.41, 5.74) is 0. The fourth-order valence-electron chi connectivity index (χ4n) is 0.916. The Kier molecular flexibility index (Phi) is 8.75. The van der Waals surface area contributed by atoms with Crippen molar-refractivity contribution in [3.8, 4) is 0 Å². The highest BCUT2D eigenvalue weighted by Crippen LogP contribution is 2.21.